The molecule has 0 aliphatic carbocycles. The number of allylic oxidation sites excluding steroid dienone is 1. The average Bonchev–Trinajstić information content (AvgIpc) is 2.71. The SMILES string of the molecule is COc1ccc(C(=O)C=Cc2cc(OC)c(OC)c(OC)c2O)c(OC)c1. The zero-order valence-corrected chi connectivity index (χ0v) is 15.9. The van der Waals surface area contributed by atoms with Crippen LogP contribution in [0.25, 0.3) is 6.08 Å². The number of phenols is 1. The third-order valence-electron chi connectivity index (χ3n) is 3.92. The Hall–Kier alpha value is -3.35. The molecule has 1 N–H and O–H groups in total. The molecule has 2 aromatic rings. The highest BCUT2D eigenvalue weighted by Gasteiger charge is 2.19. The molecule has 7 heteroatoms. The highest BCUT2D eigenvalue weighted by molar-refractivity contribution is 6.09. The van der Waals surface area contributed by atoms with Crippen LogP contribution in [-0.2, 0) is 0 Å². The van der Waals surface area contributed by atoms with Gasteiger partial charge in [-0.25, -0.2) is 0 Å². The van der Waals surface area contributed by atoms with E-state index in [9.17, 15) is 9.90 Å². The molecule has 0 radical (unpaired) electrons. The quantitative estimate of drug-likeness (QED) is 0.560. The monoisotopic (exact) mass is 374 g/mol. The van der Waals surface area contributed by atoms with Crippen molar-refractivity contribution < 1.29 is 33.6 Å². The van der Waals surface area contributed by atoms with Crippen LogP contribution in [0.1, 0.15) is 15.9 Å². The van der Waals surface area contributed by atoms with Gasteiger partial charge in [0.05, 0.1) is 41.1 Å². The van der Waals surface area contributed by atoms with Gasteiger partial charge < -0.3 is 28.8 Å². The molecule has 0 aromatic heterocycles. The van der Waals surface area contributed by atoms with E-state index in [-0.39, 0.29) is 23.0 Å². The topological polar surface area (TPSA) is 83.5 Å². The highest BCUT2D eigenvalue weighted by atomic mass is 16.5. The molecule has 0 atom stereocenters. The summed E-state index contributed by atoms with van der Waals surface area (Å²) in [5.74, 6) is 1.24. The van der Waals surface area contributed by atoms with Gasteiger partial charge in [-0.15, -0.1) is 0 Å². The van der Waals surface area contributed by atoms with Crippen molar-refractivity contribution in [1.29, 1.82) is 0 Å². The van der Waals surface area contributed by atoms with Crippen LogP contribution < -0.4 is 23.7 Å². The third-order valence-corrected chi connectivity index (χ3v) is 3.92. The number of carbonyl (C=O) groups excluding carboxylic acids is 1. The first kappa shape index (κ1) is 20.0. The van der Waals surface area contributed by atoms with Gasteiger partial charge in [0.1, 0.15) is 11.5 Å². The summed E-state index contributed by atoms with van der Waals surface area (Å²) < 4.78 is 26.0. The number of hydrogen-bond acceptors (Lipinski definition) is 7. The first-order valence-electron chi connectivity index (χ1n) is 7.97. The number of ketones is 1. The number of carbonyl (C=O) groups is 1. The summed E-state index contributed by atoms with van der Waals surface area (Å²) in [6.45, 7) is 0. The van der Waals surface area contributed by atoms with Gasteiger partial charge in [-0.2, -0.15) is 0 Å². The van der Waals surface area contributed by atoms with E-state index in [1.807, 2.05) is 0 Å². The van der Waals surface area contributed by atoms with Crippen LogP contribution in [0.2, 0.25) is 0 Å². The van der Waals surface area contributed by atoms with Crippen LogP contribution in [0.4, 0.5) is 0 Å². The minimum atomic E-state index is -0.303. The van der Waals surface area contributed by atoms with Crippen molar-refractivity contribution in [2.75, 3.05) is 35.5 Å². The number of methoxy groups -OCH3 is 5. The molecule has 0 amide bonds. The lowest BCUT2D eigenvalue weighted by atomic mass is 10.1. The van der Waals surface area contributed by atoms with Gasteiger partial charge in [-0.05, 0) is 30.4 Å². The van der Waals surface area contributed by atoms with E-state index in [0.29, 0.717) is 28.4 Å². The Kier molecular flexibility index (Phi) is 6.54. The van der Waals surface area contributed by atoms with Crippen molar-refractivity contribution in [1.82, 2.24) is 0 Å². The second-order valence-corrected chi connectivity index (χ2v) is 5.35. The second kappa shape index (κ2) is 8.84. The van der Waals surface area contributed by atoms with Crippen LogP contribution in [0.5, 0.6) is 34.5 Å². The maximum atomic E-state index is 12.6. The maximum absolute atomic E-state index is 12.6. The number of aromatic hydroxyl groups is 1. The Labute approximate surface area is 157 Å². The van der Waals surface area contributed by atoms with Crippen molar-refractivity contribution in [3.8, 4) is 34.5 Å². The number of rotatable bonds is 8. The molecular formula is C20H22O7. The van der Waals surface area contributed by atoms with E-state index >= 15 is 0 Å². The first-order valence-corrected chi connectivity index (χ1v) is 7.97. The number of hydrogen-bond donors (Lipinski definition) is 1. The van der Waals surface area contributed by atoms with Crippen molar-refractivity contribution >= 4 is 11.9 Å². The minimum absolute atomic E-state index is 0.117. The lowest BCUT2D eigenvalue weighted by Crippen LogP contribution is -2.00. The molecule has 0 saturated carbocycles. The predicted molar refractivity (Wildman–Crippen MR) is 101 cm³/mol. The fourth-order valence-electron chi connectivity index (χ4n) is 2.54. The molecule has 0 fully saturated rings. The molecule has 7 nitrogen and oxygen atoms in total. The fraction of sp³-hybridized carbons (Fsp3) is 0.250. The molecule has 0 saturated heterocycles. The molecule has 27 heavy (non-hydrogen) atoms. The van der Waals surface area contributed by atoms with Gasteiger partial charge >= 0.3 is 0 Å². The molecule has 2 rings (SSSR count). The Morgan fingerprint density at radius 3 is 2.07 bits per heavy atom. The molecular weight excluding hydrogens is 352 g/mol. The van der Waals surface area contributed by atoms with Crippen LogP contribution in [0, 0.1) is 0 Å². The molecule has 0 aliphatic heterocycles. The standard InChI is InChI=1S/C20H22O7/c1-23-13-7-8-14(16(11-13)24-2)15(21)9-6-12-10-17(25-3)19(26-4)20(27-5)18(12)22/h6-11,22H,1-5H3. The summed E-state index contributed by atoms with van der Waals surface area (Å²) in [6.07, 6.45) is 2.79. The van der Waals surface area contributed by atoms with Crippen molar-refractivity contribution in [3.05, 3.63) is 41.5 Å². The number of ether oxygens (including phenoxy) is 5. The van der Waals surface area contributed by atoms with Gasteiger partial charge in [0.25, 0.3) is 0 Å². The third kappa shape index (κ3) is 4.08. The molecule has 0 heterocycles. The van der Waals surface area contributed by atoms with Crippen LogP contribution in [0.3, 0.4) is 0 Å². The van der Waals surface area contributed by atoms with E-state index in [0.717, 1.165) is 0 Å². The van der Waals surface area contributed by atoms with E-state index in [2.05, 4.69) is 0 Å². The van der Waals surface area contributed by atoms with Crippen LogP contribution in [-0.4, -0.2) is 46.4 Å². The first-order chi connectivity index (χ1) is 13.0. The van der Waals surface area contributed by atoms with Gasteiger partial charge in [0.2, 0.25) is 11.5 Å². The average molecular weight is 374 g/mol. The largest absolute Gasteiger partial charge is 0.504 e. The second-order valence-electron chi connectivity index (χ2n) is 5.35. The Balaban J connectivity index is 2.42. The van der Waals surface area contributed by atoms with E-state index in [1.165, 1.54) is 47.7 Å². The van der Waals surface area contributed by atoms with E-state index in [1.54, 1.807) is 24.3 Å². The highest BCUT2D eigenvalue weighted by Crippen LogP contribution is 2.46. The lowest BCUT2D eigenvalue weighted by Gasteiger charge is -2.15. The predicted octanol–water partition coefficient (Wildman–Crippen LogP) is 3.33. The van der Waals surface area contributed by atoms with Crippen LogP contribution in [0.15, 0.2) is 30.3 Å². The van der Waals surface area contributed by atoms with E-state index < -0.39 is 0 Å². The van der Waals surface area contributed by atoms with Gasteiger partial charge in [-0.1, -0.05) is 0 Å². The number of phenolic OH excluding ortho intramolecular Hbond substituents is 1. The fourth-order valence-corrected chi connectivity index (χ4v) is 2.54. The zero-order valence-electron chi connectivity index (χ0n) is 15.9. The van der Waals surface area contributed by atoms with Gasteiger partial charge in [-0.3, -0.25) is 4.79 Å². The summed E-state index contributed by atoms with van der Waals surface area (Å²) in [7, 11) is 7.31. The maximum Gasteiger partial charge on any atom is 0.207 e. The van der Waals surface area contributed by atoms with Gasteiger partial charge in [0.15, 0.2) is 17.3 Å². The van der Waals surface area contributed by atoms with E-state index in [4.69, 9.17) is 23.7 Å². The Morgan fingerprint density at radius 1 is 0.852 bits per heavy atom. The molecule has 0 aliphatic rings. The van der Waals surface area contributed by atoms with Crippen molar-refractivity contribution in [2.24, 2.45) is 0 Å². The number of benzene rings is 2. The van der Waals surface area contributed by atoms with Gasteiger partial charge in [0, 0.05) is 11.6 Å². The molecule has 144 valence electrons. The summed E-state index contributed by atoms with van der Waals surface area (Å²) in [4.78, 5) is 12.6. The Bertz CT molecular complexity index is 856. The molecule has 0 unspecified atom stereocenters. The molecule has 2 aromatic carbocycles. The smallest absolute Gasteiger partial charge is 0.207 e. The van der Waals surface area contributed by atoms with Crippen LogP contribution >= 0.6 is 0 Å². The van der Waals surface area contributed by atoms with Crippen molar-refractivity contribution in [3.63, 3.8) is 0 Å². The molecule has 0 bridgehead atoms. The summed E-state index contributed by atoms with van der Waals surface area (Å²) in [5, 5.41) is 10.4. The normalized spacial score (nSPS) is 10.6. The lowest BCUT2D eigenvalue weighted by molar-refractivity contribution is 0.104. The molecule has 0 spiro atoms. The zero-order chi connectivity index (χ0) is 20.0. The summed E-state index contributed by atoms with van der Waals surface area (Å²) >= 11 is 0. The minimum Gasteiger partial charge on any atom is -0.504 e. The summed E-state index contributed by atoms with van der Waals surface area (Å²) in [6, 6.07) is 6.45. The Morgan fingerprint density at radius 2 is 1.52 bits per heavy atom. The van der Waals surface area contributed by atoms with Crippen molar-refractivity contribution in [2.45, 2.75) is 0 Å². The summed E-state index contributed by atoms with van der Waals surface area (Å²) in [5.41, 5.74) is 0.701.